The molecule has 0 radical (unpaired) electrons. The number of alkyl halides is 5. The number of halogens is 5. The molecular weight excluding hydrogens is 245 g/mol. The topological polar surface area (TPSA) is 18.8 Å². The van der Waals surface area contributed by atoms with Crippen molar-refractivity contribution in [3.63, 3.8) is 0 Å². The highest BCUT2D eigenvalue weighted by molar-refractivity contribution is 5.58. The van der Waals surface area contributed by atoms with E-state index < -0.39 is 23.8 Å². The highest BCUT2D eigenvalue weighted by atomic mass is 19.4. The van der Waals surface area contributed by atoms with Crippen molar-refractivity contribution < 1.29 is 22.0 Å². The standard InChI is InChI=1S/C9H14F5N3/c1-7(2,3)6-16(4)15-5-17(6)9(13,14)8(10,11)12/h5-6H,1-4H3. The van der Waals surface area contributed by atoms with Crippen molar-refractivity contribution in [1.29, 1.82) is 0 Å². The van der Waals surface area contributed by atoms with Gasteiger partial charge in [-0.25, -0.2) is 0 Å². The largest absolute Gasteiger partial charge is 0.475 e. The molecule has 8 heteroatoms. The molecule has 0 saturated carbocycles. The van der Waals surface area contributed by atoms with Gasteiger partial charge in [-0.2, -0.15) is 27.1 Å². The second-order valence-electron chi connectivity index (χ2n) is 4.99. The van der Waals surface area contributed by atoms with E-state index in [1.54, 1.807) is 20.8 Å². The Balaban J connectivity index is 3.10. The van der Waals surface area contributed by atoms with E-state index in [9.17, 15) is 22.0 Å². The smallest absolute Gasteiger partial charge is 0.275 e. The molecule has 1 aliphatic rings. The van der Waals surface area contributed by atoms with Crippen molar-refractivity contribution >= 4 is 6.34 Å². The molecule has 1 rings (SSSR count). The Morgan fingerprint density at radius 3 is 1.88 bits per heavy atom. The molecule has 100 valence electrons. The molecule has 0 aliphatic carbocycles. The molecular formula is C9H14F5N3. The molecule has 0 aromatic heterocycles. The molecule has 3 nitrogen and oxygen atoms in total. The third kappa shape index (κ3) is 2.30. The van der Waals surface area contributed by atoms with Gasteiger partial charge in [-0.05, 0) is 0 Å². The Hall–Kier alpha value is -1.08. The van der Waals surface area contributed by atoms with Crippen LogP contribution in [0, 0.1) is 5.41 Å². The molecule has 0 spiro atoms. The lowest BCUT2D eigenvalue weighted by molar-refractivity contribution is -0.337. The van der Waals surface area contributed by atoms with Crippen molar-refractivity contribution in [2.45, 2.75) is 39.2 Å². The van der Waals surface area contributed by atoms with Crippen LogP contribution in [0.3, 0.4) is 0 Å². The van der Waals surface area contributed by atoms with Crippen molar-refractivity contribution in [3.05, 3.63) is 0 Å². The van der Waals surface area contributed by atoms with Crippen LogP contribution < -0.4 is 0 Å². The highest BCUT2D eigenvalue weighted by Gasteiger charge is 2.65. The zero-order valence-corrected chi connectivity index (χ0v) is 9.89. The van der Waals surface area contributed by atoms with Crippen LogP contribution in [-0.4, -0.2) is 41.7 Å². The molecule has 0 N–H and O–H groups in total. The molecule has 1 aliphatic heterocycles. The number of hydrazone groups is 1. The van der Waals surface area contributed by atoms with Gasteiger partial charge in [0, 0.05) is 12.5 Å². The summed E-state index contributed by atoms with van der Waals surface area (Å²) < 4.78 is 63.5. The quantitative estimate of drug-likeness (QED) is 0.532. The van der Waals surface area contributed by atoms with E-state index >= 15 is 0 Å². The van der Waals surface area contributed by atoms with Gasteiger partial charge >= 0.3 is 12.2 Å². The lowest BCUT2D eigenvalue weighted by atomic mass is 9.91. The Labute approximate surface area is 95.9 Å². The lowest BCUT2D eigenvalue weighted by Crippen LogP contribution is -2.59. The van der Waals surface area contributed by atoms with Gasteiger partial charge in [0.05, 0.1) is 0 Å². The zero-order chi connectivity index (χ0) is 13.6. The van der Waals surface area contributed by atoms with Gasteiger partial charge in [0.25, 0.3) is 0 Å². The first-order valence-corrected chi connectivity index (χ1v) is 4.89. The monoisotopic (exact) mass is 259 g/mol. The van der Waals surface area contributed by atoms with Crippen LogP contribution in [-0.2, 0) is 0 Å². The summed E-state index contributed by atoms with van der Waals surface area (Å²) in [4.78, 5) is -0.0486. The van der Waals surface area contributed by atoms with Crippen LogP contribution in [0.4, 0.5) is 22.0 Å². The van der Waals surface area contributed by atoms with Crippen LogP contribution in [0.2, 0.25) is 0 Å². The molecule has 1 unspecified atom stereocenters. The van der Waals surface area contributed by atoms with Gasteiger partial charge in [0.2, 0.25) is 0 Å². The number of rotatable bonds is 1. The Morgan fingerprint density at radius 1 is 1.06 bits per heavy atom. The summed E-state index contributed by atoms with van der Waals surface area (Å²) in [6.07, 6.45) is -6.25. The lowest BCUT2D eigenvalue weighted by Gasteiger charge is -2.41. The molecule has 1 atom stereocenters. The molecule has 0 aromatic rings. The molecule has 1 heterocycles. The summed E-state index contributed by atoms with van der Waals surface area (Å²) in [5.41, 5.74) is -0.806. The van der Waals surface area contributed by atoms with Gasteiger partial charge in [0.15, 0.2) is 0 Å². The first-order valence-electron chi connectivity index (χ1n) is 4.89. The number of hydrogen-bond donors (Lipinski definition) is 0. The Morgan fingerprint density at radius 2 is 1.53 bits per heavy atom. The average molecular weight is 259 g/mol. The maximum atomic E-state index is 13.3. The van der Waals surface area contributed by atoms with Crippen LogP contribution in [0.25, 0.3) is 0 Å². The SMILES string of the molecule is CN1N=CN(C(F)(F)C(F)(F)F)C1C(C)(C)C. The summed E-state index contributed by atoms with van der Waals surface area (Å²) in [5, 5.41) is 4.60. The fourth-order valence-corrected chi connectivity index (χ4v) is 1.79. The van der Waals surface area contributed by atoms with E-state index in [-0.39, 0.29) is 4.90 Å². The van der Waals surface area contributed by atoms with Crippen molar-refractivity contribution in [2.24, 2.45) is 10.5 Å². The molecule has 0 fully saturated rings. The van der Waals surface area contributed by atoms with Gasteiger partial charge in [-0.1, -0.05) is 20.8 Å². The fraction of sp³-hybridized carbons (Fsp3) is 0.889. The predicted octanol–water partition coefficient (Wildman–Crippen LogP) is 2.70. The van der Waals surface area contributed by atoms with E-state index in [2.05, 4.69) is 5.10 Å². The van der Waals surface area contributed by atoms with E-state index in [0.29, 0.717) is 6.34 Å². The van der Waals surface area contributed by atoms with Crippen LogP contribution >= 0.6 is 0 Å². The zero-order valence-electron chi connectivity index (χ0n) is 9.89. The van der Waals surface area contributed by atoms with Gasteiger partial charge in [-0.3, -0.25) is 9.91 Å². The van der Waals surface area contributed by atoms with E-state index in [1.807, 2.05) is 0 Å². The first-order chi connectivity index (χ1) is 7.39. The van der Waals surface area contributed by atoms with Crippen molar-refractivity contribution in [3.8, 4) is 0 Å². The van der Waals surface area contributed by atoms with E-state index in [4.69, 9.17) is 0 Å². The maximum Gasteiger partial charge on any atom is 0.475 e. The van der Waals surface area contributed by atoms with Gasteiger partial charge in [0.1, 0.15) is 12.5 Å². The molecule has 0 amide bonds. The normalized spacial score (nSPS) is 22.5. The summed E-state index contributed by atoms with van der Waals surface area (Å²) >= 11 is 0. The predicted molar refractivity (Wildman–Crippen MR) is 52.3 cm³/mol. The Kier molecular flexibility index (Phi) is 3.05. The minimum Gasteiger partial charge on any atom is -0.275 e. The minimum absolute atomic E-state index is 0.0486. The molecule has 0 aromatic carbocycles. The van der Waals surface area contributed by atoms with Crippen molar-refractivity contribution in [2.75, 3.05) is 7.05 Å². The average Bonchev–Trinajstić information content (AvgIpc) is 2.44. The second-order valence-corrected chi connectivity index (χ2v) is 4.99. The summed E-state index contributed by atoms with van der Waals surface area (Å²) in [6.45, 7) is 4.72. The van der Waals surface area contributed by atoms with Crippen LogP contribution in [0.5, 0.6) is 0 Å². The second kappa shape index (κ2) is 3.71. The van der Waals surface area contributed by atoms with Gasteiger partial charge < -0.3 is 0 Å². The minimum atomic E-state index is -5.63. The Bertz CT molecular complexity index is 318. The van der Waals surface area contributed by atoms with Crippen LogP contribution in [0.15, 0.2) is 5.10 Å². The summed E-state index contributed by atoms with van der Waals surface area (Å²) in [5.74, 6) is 0. The molecule has 17 heavy (non-hydrogen) atoms. The number of nitrogens with zero attached hydrogens (tertiary/aromatic N) is 3. The third-order valence-corrected chi connectivity index (χ3v) is 2.42. The third-order valence-electron chi connectivity index (χ3n) is 2.42. The molecule has 0 bridgehead atoms. The van der Waals surface area contributed by atoms with Crippen LogP contribution in [0.1, 0.15) is 20.8 Å². The molecule has 0 saturated heterocycles. The summed E-state index contributed by atoms with van der Waals surface area (Å²) in [6, 6.07) is -4.93. The maximum absolute atomic E-state index is 13.3. The fourth-order valence-electron chi connectivity index (χ4n) is 1.79. The first kappa shape index (κ1) is 14.0. The van der Waals surface area contributed by atoms with E-state index in [0.717, 1.165) is 5.01 Å². The van der Waals surface area contributed by atoms with E-state index in [1.165, 1.54) is 7.05 Å². The highest BCUT2D eigenvalue weighted by Crippen LogP contribution is 2.43. The van der Waals surface area contributed by atoms with Crippen molar-refractivity contribution in [1.82, 2.24) is 9.91 Å². The number of hydrogen-bond acceptors (Lipinski definition) is 3. The summed E-state index contributed by atoms with van der Waals surface area (Å²) in [7, 11) is 1.36. The van der Waals surface area contributed by atoms with Gasteiger partial charge in [-0.15, -0.1) is 0 Å².